The second-order valence-corrected chi connectivity index (χ2v) is 16.8. The van der Waals surface area contributed by atoms with E-state index in [2.05, 4.69) is 26.6 Å². The minimum absolute atomic E-state index is 0.0712. The largest absolute Gasteiger partial charge is 0.460 e. The second kappa shape index (κ2) is 17.2. The molecular weight excluding hydrogens is 616 g/mol. The van der Waals surface area contributed by atoms with Crippen LogP contribution in [-0.2, 0) is 33.4 Å². The van der Waals surface area contributed by atoms with Gasteiger partial charge >= 0.3 is 12.1 Å². The predicted molar refractivity (Wildman–Crippen MR) is 177 cm³/mol. The van der Waals surface area contributed by atoms with Crippen molar-refractivity contribution >= 4 is 47.5 Å². The van der Waals surface area contributed by atoms with Gasteiger partial charge in [-0.1, -0.05) is 0 Å². The van der Waals surface area contributed by atoms with E-state index in [0.717, 1.165) is 0 Å². The van der Waals surface area contributed by atoms with Crippen LogP contribution in [-0.4, -0.2) is 87.7 Å². The quantitative estimate of drug-likeness (QED) is 0.104. The summed E-state index contributed by atoms with van der Waals surface area (Å²) in [5.41, 5.74) is 4.19. The molecule has 14 nitrogen and oxygen atoms in total. The summed E-state index contributed by atoms with van der Waals surface area (Å²) in [6, 6.07) is -2.29. The van der Waals surface area contributed by atoms with Gasteiger partial charge in [0.2, 0.25) is 23.6 Å². The fourth-order valence-electron chi connectivity index (χ4n) is 4.85. The first-order valence-electron chi connectivity index (χ1n) is 15.7. The number of nitrogens with two attached hydrogens (primary N) is 1. The summed E-state index contributed by atoms with van der Waals surface area (Å²) in [6.45, 7) is 18.3. The zero-order valence-corrected chi connectivity index (χ0v) is 30.0. The number of ether oxygens (including phenoxy) is 2. The van der Waals surface area contributed by atoms with Crippen LogP contribution >= 0.6 is 11.8 Å². The maximum absolute atomic E-state index is 13.0. The van der Waals surface area contributed by atoms with Crippen molar-refractivity contribution in [1.82, 2.24) is 26.6 Å². The number of nitrogens with one attached hydrogen (secondary N) is 5. The Morgan fingerprint density at radius 2 is 1.46 bits per heavy atom. The van der Waals surface area contributed by atoms with Gasteiger partial charge in [0.05, 0.1) is 11.4 Å². The molecule has 0 bridgehead atoms. The van der Waals surface area contributed by atoms with Gasteiger partial charge < -0.3 is 36.5 Å². The Morgan fingerprint density at radius 1 is 0.848 bits per heavy atom. The Bertz CT molecular complexity index is 1100. The molecule has 1 fully saturated rings. The zero-order chi connectivity index (χ0) is 35.5. The van der Waals surface area contributed by atoms with E-state index in [4.69, 9.17) is 15.2 Å². The molecule has 1 heterocycles. The van der Waals surface area contributed by atoms with Gasteiger partial charge in [-0.2, -0.15) is 0 Å². The number of carbonyl (C=O) groups excluding carboxylic acids is 6. The first-order valence-corrected chi connectivity index (χ1v) is 16.5. The molecule has 0 aromatic rings. The normalized spacial score (nSPS) is 18.4. The number of hydrogen-bond donors (Lipinski definition) is 6. The average molecular weight is 673 g/mol. The molecule has 0 aliphatic carbocycles. The van der Waals surface area contributed by atoms with Crippen molar-refractivity contribution in [2.24, 2.45) is 5.73 Å². The van der Waals surface area contributed by atoms with Crippen LogP contribution in [0.25, 0.3) is 0 Å². The molecule has 1 rings (SSSR count). The van der Waals surface area contributed by atoms with Gasteiger partial charge in [0.15, 0.2) is 0 Å². The number of carbonyl (C=O) groups is 6. The lowest BCUT2D eigenvalue weighted by atomic mass is 10.0. The van der Waals surface area contributed by atoms with E-state index < -0.39 is 63.9 Å². The molecule has 5 amide bonds. The van der Waals surface area contributed by atoms with Crippen LogP contribution in [0.1, 0.15) is 108 Å². The van der Waals surface area contributed by atoms with E-state index in [1.54, 1.807) is 53.3 Å². The van der Waals surface area contributed by atoms with E-state index in [9.17, 15) is 28.8 Å². The molecule has 1 saturated heterocycles. The molecule has 46 heavy (non-hydrogen) atoms. The monoisotopic (exact) mass is 672 g/mol. The van der Waals surface area contributed by atoms with E-state index in [1.165, 1.54) is 0 Å². The molecule has 0 radical (unpaired) electrons. The number of primary amides is 1. The number of unbranched alkanes of at least 4 members (excludes halogenated alkanes) is 1. The van der Waals surface area contributed by atoms with Crippen molar-refractivity contribution < 1.29 is 38.2 Å². The number of rotatable bonds is 16. The number of alkyl carbamates (subject to hydrolysis) is 1. The zero-order valence-electron chi connectivity index (χ0n) is 29.1. The molecule has 264 valence electrons. The fourth-order valence-corrected chi connectivity index (χ4v) is 6.62. The highest BCUT2D eigenvalue weighted by Crippen LogP contribution is 2.44. The molecule has 0 saturated carbocycles. The number of esters is 1. The number of hydrogen-bond acceptors (Lipinski definition) is 10. The standard InChI is InChI=1S/C31H56N6O8S/c1-28(2,3)44-23(40)15-14-19(35-22(39)18-34-26(42)24-30(7,8)46-31(9,10)37-24)17-21(38)36-20(25(32)41)13-11-12-16-33-27(43)45-29(4,5)6/h19-20,24,37H,11-18H2,1-10H3,(H2,32,41)(H,33,43)(H,34,42)(H,35,39)(H,36,38)/t19-,20+,24?/m0/s1. The third-order valence-corrected chi connectivity index (χ3v) is 7.96. The molecule has 0 aromatic heterocycles. The van der Waals surface area contributed by atoms with Crippen LogP contribution in [0.4, 0.5) is 4.79 Å². The molecule has 1 aliphatic heterocycles. The van der Waals surface area contributed by atoms with Crippen molar-refractivity contribution in [3.8, 4) is 0 Å². The molecule has 1 aliphatic rings. The Morgan fingerprint density at radius 3 is 1.98 bits per heavy atom. The van der Waals surface area contributed by atoms with E-state index in [-0.39, 0.29) is 43.0 Å². The third-order valence-electron chi connectivity index (χ3n) is 6.57. The van der Waals surface area contributed by atoms with Crippen molar-refractivity contribution in [3.63, 3.8) is 0 Å². The molecule has 15 heteroatoms. The smallest absolute Gasteiger partial charge is 0.407 e. The van der Waals surface area contributed by atoms with Crippen LogP contribution in [0.15, 0.2) is 0 Å². The van der Waals surface area contributed by atoms with Crippen LogP contribution in [0.5, 0.6) is 0 Å². The van der Waals surface area contributed by atoms with Crippen LogP contribution < -0.4 is 32.3 Å². The van der Waals surface area contributed by atoms with Crippen LogP contribution in [0.3, 0.4) is 0 Å². The van der Waals surface area contributed by atoms with Gasteiger partial charge in [-0.3, -0.25) is 29.3 Å². The Balaban J connectivity index is 2.75. The summed E-state index contributed by atoms with van der Waals surface area (Å²) in [5.74, 6) is -2.64. The van der Waals surface area contributed by atoms with Gasteiger partial charge in [-0.05, 0) is 94.9 Å². The van der Waals surface area contributed by atoms with E-state index in [1.807, 2.05) is 27.7 Å². The first-order chi connectivity index (χ1) is 20.9. The summed E-state index contributed by atoms with van der Waals surface area (Å²) in [4.78, 5) is 74.6. The minimum atomic E-state index is -0.972. The van der Waals surface area contributed by atoms with E-state index in [0.29, 0.717) is 19.4 Å². The Labute approximate surface area is 277 Å². The fraction of sp³-hybridized carbons (Fsp3) is 0.806. The van der Waals surface area contributed by atoms with Crippen LogP contribution in [0.2, 0.25) is 0 Å². The van der Waals surface area contributed by atoms with Crippen molar-refractivity contribution in [1.29, 1.82) is 0 Å². The van der Waals surface area contributed by atoms with Crippen molar-refractivity contribution in [2.45, 2.75) is 147 Å². The molecule has 0 aromatic carbocycles. The first kappa shape index (κ1) is 41.0. The van der Waals surface area contributed by atoms with Gasteiger partial charge in [0.1, 0.15) is 23.3 Å². The highest BCUT2D eigenvalue weighted by Gasteiger charge is 2.48. The Kier molecular flexibility index (Phi) is 15.3. The average Bonchev–Trinajstić information content (AvgIpc) is 3.09. The summed E-state index contributed by atoms with van der Waals surface area (Å²) in [5, 5.41) is 13.9. The van der Waals surface area contributed by atoms with Gasteiger partial charge in [-0.25, -0.2) is 4.79 Å². The highest BCUT2D eigenvalue weighted by molar-refractivity contribution is 8.02. The summed E-state index contributed by atoms with van der Waals surface area (Å²) in [7, 11) is 0. The maximum atomic E-state index is 13.0. The number of thioether (sulfide) groups is 1. The molecule has 1 unspecified atom stereocenters. The lowest BCUT2D eigenvalue weighted by Crippen LogP contribution is -2.54. The summed E-state index contributed by atoms with van der Waals surface area (Å²) < 4.78 is 10.1. The lowest BCUT2D eigenvalue weighted by molar-refractivity contribution is -0.155. The summed E-state index contributed by atoms with van der Waals surface area (Å²) >= 11 is 1.63. The van der Waals surface area contributed by atoms with Gasteiger partial charge in [-0.15, -0.1) is 11.8 Å². The molecule has 0 spiro atoms. The Hall–Kier alpha value is -3.07. The van der Waals surface area contributed by atoms with Gasteiger partial charge in [0.25, 0.3) is 0 Å². The molecule has 7 N–H and O–H groups in total. The maximum Gasteiger partial charge on any atom is 0.407 e. The number of amides is 5. The minimum Gasteiger partial charge on any atom is -0.460 e. The third kappa shape index (κ3) is 17.0. The molecular formula is C31H56N6O8S. The topological polar surface area (TPSA) is 207 Å². The summed E-state index contributed by atoms with van der Waals surface area (Å²) in [6.07, 6.45) is 0.453. The second-order valence-electron chi connectivity index (χ2n) is 14.6. The highest BCUT2D eigenvalue weighted by atomic mass is 32.2. The van der Waals surface area contributed by atoms with Crippen LogP contribution in [0, 0.1) is 0 Å². The predicted octanol–water partition coefficient (Wildman–Crippen LogP) is 1.98. The van der Waals surface area contributed by atoms with E-state index >= 15 is 0 Å². The van der Waals surface area contributed by atoms with Crippen molar-refractivity contribution in [3.05, 3.63) is 0 Å². The lowest BCUT2D eigenvalue weighted by Gasteiger charge is -2.25. The SMILES string of the molecule is CC(C)(C)OC(=O)CC[C@@H](CC(=O)N[C@H](CCCCNC(=O)OC(C)(C)C)C(N)=O)NC(=O)CNC(=O)C1NC(C)(C)SC1(C)C. The van der Waals surface area contributed by atoms with Crippen molar-refractivity contribution in [2.75, 3.05) is 13.1 Å². The van der Waals surface area contributed by atoms with Gasteiger partial charge in [0, 0.05) is 30.2 Å². The molecule has 3 atom stereocenters.